The minimum atomic E-state index is -3.31. The second-order valence-electron chi connectivity index (χ2n) is 4.56. The van der Waals surface area contributed by atoms with Crippen molar-refractivity contribution in [1.82, 2.24) is 0 Å². The second-order valence-corrected chi connectivity index (χ2v) is 6.31. The lowest BCUT2D eigenvalue weighted by atomic mass is 10.1. The van der Waals surface area contributed by atoms with Gasteiger partial charge < -0.3 is 0 Å². The van der Waals surface area contributed by atoms with Gasteiger partial charge in [-0.05, 0) is 35.9 Å². The predicted molar refractivity (Wildman–Crippen MR) is 84.7 cm³/mol. The van der Waals surface area contributed by atoms with Crippen LogP contribution in [-0.4, -0.2) is 20.5 Å². The standard InChI is InChI=1S/C16H15NO3S/c1-21(19,20)17-15-10-8-14(9-11-15)16(18)12-7-13-5-3-2-4-6-13/h2-12,17H,1H3. The molecule has 2 rings (SSSR count). The Morgan fingerprint density at radius 3 is 2.19 bits per heavy atom. The van der Waals surface area contributed by atoms with Crippen molar-refractivity contribution in [3.63, 3.8) is 0 Å². The molecule has 0 saturated carbocycles. The molecule has 0 aliphatic rings. The third kappa shape index (κ3) is 4.89. The van der Waals surface area contributed by atoms with E-state index < -0.39 is 10.0 Å². The number of rotatable bonds is 5. The molecule has 1 N–H and O–H groups in total. The summed E-state index contributed by atoms with van der Waals surface area (Å²) < 4.78 is 24.5. The Morgan fingerprint density at radius 1 is 1.00 bits per heavy atom. The zero-order valence-electron chi connectivity index (χ0n) is 11.5. The van der Waals surface area contributed by atoms with Crippen LogP contribution in [0.25, 0.3) is 6.08 Å². The van der Waals surface area contributed by atoms with E-state index >= 15 is 0 Å². The second kappa shape index (κ2) is 6.37. The van der Waals surface area contributed by atoms with Crippen LogP contribution in [0.1, 0.15) is 15.9 Å². The molecule has 5 heteroatoms. The first-order chi connectivity index (χ1) is 9.94. The summed E-state index contributed by atoms with van der Waals surface area (Å²) in [5.74, 6) is -0.134. The highest BCUT2D eigenvalue weighted by molar-refractivity contribution is 7.92. The summed E-state index contributed by atoms with van der Waals surface area (Å²) in [7, 11) is -3.31. The summed E-state index contributed by atoms with van der Waals surface area (Å²) in [5, 5.41) is 0. The first kappa shape index (κ1) is 15.0. The summed E-state index contributed by atoms with van der Waals surface area (Å²) in [5.41, 5.74) is 1.88. The molecule has 0 radical (unpaired) electrons. The number of nitrogens with one attached hydrogen (secondary N) is 1. The van der Waals surface area contributed by atoms with Gasteiger partial charge in [0.1, 0.15) is 0 Å². The average Bonchev–Trinajstić information content (AvgIpc) is 2.45. The van der Waals surface area contributed by atoms with E-state index in [-0.39, 0.29) is 5.78 Å². The van der Waals surface area contributed by atoms with E-state index in [1.54, 1.807) is 30.3 Å². The van der Waals surface area contributed by atoms with Crippen LogP contribution in [0.2, 0.25) is 0 Å². The van der Waals surface area contributed by atoms with E-state index in [0.29, 0.717) is 11.3 Å². The summed E-state index contributed by atoms with van der Waals surface area (Å²) in [6, 6.07) is 15.8. The largest absolute Gasteiger partial charge is 0.289 e. The number of ketones is 1. The van der Waals surface area contributed by atoms with Gasteiger partial charge in [-0.15, -0.1) is 0 Å². The van der Waals surface area contributed by atoms with Gasteiger partial charge in [-0.2, -0.15) is 0 Å². The molecule has 0 aliphatic heterocycles. The molecule has 0 unspecified atom stereocenters. The van der Waals surface area contributed by atoms with Crippen LogP contribution >= 0.6 is 0 Å². The van der Waals surface area contributed by atoms with Gasteiger partial charge in [-0.1, -0.05) is 36.4 Å². The molecule has 2 aromatic rings. The van der Waals surface area contributed by atoms with Crippen molar-refractivity contribution in [1.29, 1.82) is 0 Å². The highest BCUT2D eigenvalue weighted by Crippen LogP contribution is 2.12. The third-order valence-corrected chi connectivity index (χ3v) is 3.31. The van der Waals surface area contributed by atoms with Crippen molar-refractivity contribution in [3.05, 3.63) is 71.8 Å². The van der Waals surface area contributed by atoms with E-state index in [9.17, 15) is 13.2 Å². The smallest absolute Gasteiger partial charge is 0.229 e. The zero-order valence-corrected chi connectivity index (χ0v) is 12.3. The maximum Gasteiger partial charge on any atom is 0.229 e. The van der Waals surface area contributed by atoms with Crippen molar-refractivity contribution in [2.45, 2.75) is 0 Å². The maximum atomic E-state index is 12.0. The van der Waals surface area contributed by atoms with Gasteiger partial charge >= 0.3 is 0 Å². The monoisotopic (exact) mass is 301 g/mol. The SMILES string of the molecule is CS(=O)(=O)Nc1ccc(C(=O)C=Cc2ccccc2)cc1. The normalized spacial score (nSPS) is 11.5. The highest BCUT2D eigenvalue weighted by atomic mass is 32.2. The Balaban J connectivity index is 2.08. The molecule has 0 fully saturated rings. The quantitative estimate of drug-likeness (QED) is 0.682. The Hall–Kier alpha value is -2.40. The third-order valence-electron chi connectivity index (χ3n) is 2.70. The number of hydrogen-bond acceptors (Lipinski definition) is 3. The van der Waals surface area contributed by atoms with Crippen LogP contribution in [0, 0.1) is 0 Å². The first-order valence-electron chi connectivity index (χ1n) is 6.29. The van der Waals surface area contributed by atoms with Crippen molar-refractivity contribution in [2.24, 2.45) is 0 Å². The molecule has 0 amide bonds. The van der Waals surface area contributed by atoms with Gasteiger partial charge in [0.25, 0.3) is 0 Å². The van der Waals surface area contributed by atoms with Gasteiger partial charge in [0.15, 0.2) is 5.78 Å². The number of allylic oxidation sites excluding steroid dienone is 1. The van der Waals surface area contributed by atoms with Crippen LogP contribution in [0.15, 0.2) is 60.7 Å². The fourth-order valence-electron chi connectivity index (χ4n) is 1.75. The van der Waals surface area contributed by atoms with Gasteiger partial charge in [0, 0.05) is 11.3 Å². The number of anilines is 1. The molecule has 21 heavy (non-hydrogen) atoms. The van der Waals surface area contributed by atoms with Crippen LogP contribution in [-0.2, 0) is 10.0 Å². The number of carbonyl (C=O) groups excluding carboxylic acids is 1. The fourth-order valence-corrected chi connectivity index (χ4v) is 2.31. The minimum Gasteiger partial charge on any atom is -0.289 e. The molecule has 108 valence electrons. The predicted octanol–water partition coefficient (Wildman–Crippen LogP) is 2.95. The molecule has 2 aromatic carbocycles. The van der Waals surface area contributed by atoms with Gasteiger partial charge in [0.2, 0.25) is 10.0 Å². The minimum absolute atomic E-state index is 0.134. The summed E-state index contributed by atoms with van der Waals surface area (Å²) >= 11 is 0. The van der Waals surface area contributed by atoms with Gasteiger partial charge in [0.05, 0.1) is 6.26 Å². The van der Waals surface area contributed by atoms with E-state index in [1.807, 2.05) is 30.3 Å². The summed E-state index contributed by atoms with van der Waals surface area (Å²) in [6.07, 6.45) is 4.31. The molecular weight excluding hydrogens is 286 g/mol. The molecule has 4 nitrogen and oxygen atoms in total. The Kier molecular flexibility index (Phi) is 4.55. The van der Waals surface area contributed by atoms with Crippen molar-refractivity contribution < 1.29 is 13.2 Å². The van der Waals surface area contributed by atoms with Gasteiger partial charge in [-0.3, -0.25) is 9.52 Å². The van der Waals surface area contributed by atoms with Crippen LogP contribution in [0.4, 0.5) is 5.69 Å². The highest BCUT2D eigenvalue weighted by Gasteiger charge is 2.04. The van der Waals surface area contributed by atoms with Crippen molar-refractivity contribution in [3.8, 4) is 0 Å². The Morgan fingerprint density at radius 2 is 1.62 bits per heavy atom. The number of benzene rings is 2. The molecule has 0 heterocycles. The van der Waals surface area contributed by atoms with E-state index in [4.69, 9.17) is 0 Å². The average molecular weight is 301 g/mol. The van der Waals surface area contributed by atoms with Crippen molar-refractivity contribution in [2.75, 3.05) is 11.0 Å². The van der Waals surface area contributed by atoms with E-state index in [0.717, 1.165) is 11.8 Å². The van der Waals surface area contributed by atoms with Crippen molar-refractivity contribution >= 4 is 27.6 Å². The molecule has 0 aliphatic carbocycles. The number of sulfonamides is 1. The zero-order chi connectivity index (χ0) is 15.3. The van der Waals surface area contributed by atoms with E-state index in [2.05, 4.69) is 4.72 Å². The van der Waals surface area contributed by atoms with E-state index in [1.165, 1.54) is 6.08 Å². The molecule has 0 spiro atoms. The Labute approximate surface area is 124 Å². The number of hydrogen-bond donors (Lipinski definition) is 1. The lowest BCUT2D eigenvalue weighted by Gasteiger charge is -2.03. The fraction of sp³-hybridized carbons (Fsp3) is 0.0625. The number of carbonyl (C=O) groups is 1. The molecule has 0 atom stereocenters. The lowest BCUT2D eigenvalue weighted by molar-refractivity contribution is 0.104. The van der Waals surface area contributed by atoms with Crippen LogP contribution in [0.3, 0.4) is 0 Å². The molecule has 0 saturated heterocycles. The molecule has 0 aromatic heterocycles. The molecule has 0 bridgehead atoms. The van der Waals surface area contributed by atoms with Gasteiger partial charge in [-0.25, -0.2) is 8.42 Å². The maximum absolute atomic E-state index is 12.0. The summed E-state index contributed by atoms with van der Waals surface area (Å²) in [6.45, 7) is 0. The first-order valence-corrected chi connectivity index (χ1v) is 8.18. The lowest BCUT2D eigenvalue weighted by Crippen LogP contribution is -2.09. The summed E-state index contributed by atoms with van der Waals surface area (Å²) in [4.78, 5) is 12.0. The topological polar surface area (TPSA) is 63.2 Å². The van der Waals surface area contributed by atoms with Crippen LogP contribution in [0.5, 0.6) is 0 Å². The van der Waals surface area contributed by atoms with Crippen LogP contribution < -0.4 is 4.72 Å². The Bertz CT molecular complexity index is 748. The molecular formula is C16H15NO3S.